The van der Waals surface area contributed by atoms with Gasteiger partial charge in [-0.1, -0.05) is 5.16 Å². The molecule has 0 saturated carbocycles. The minimum absolute atomic E-state index is 0.0684. The molecule has 0 aromatic carbocycles. The largest absolute Gasteiger partial charge is 0.362 e. The van der Waals surface area contributed by atoms with E-state index in [2.05, 4.69) is 15.5 Å². The summed E-state index contributed by atoms with van der Waals surface area (Å²) in [4.78, 5) is 29.2. The van der Waals surface area contributed by atoms with E-state index in [1.165, 1.54) is 6.92 Å². The van der Waals surface area contributed by atoms with E-state index >= 15 is 0 Å². The molecule has 110 valence electrons. The molecule has 8 nitrogen and oxygen atoms in total. The minimum Gasteiger partial charge on any atom is -0.362 e. The summed E-state index contributed by atoms with van der Waals surface area (Å²) >= 11 is 0. The van der Waals surface area contributed by atoms with Crippen LogP contribution in [0, 0.1) is 6.92 Å². The predicted octanol–water partition coefficient (Wildman–Crippen LogP) is -0.368. The summed E-state index contributed by atoms with van der Waals surface area (Å²) in [6.07, 6.45) is 0. The zero-order chi connectivity index (χ0) is 14.8. The molecule has 1 aliphatic rings. The summed E-state index contributed by atoms with van der Waals surface area (Å²) in [5.74, 6) is 0.475. The first kappa shape index (κ1) is 14.4. The van der Waals surface area contributed by atoms with Gasteiger partial charge in [-0.25, -0.2) is 0 Å². The van der Waals surface area contributed by atoms with Crippen molar-refractivity contribution in [3.63, 3.8) is 0 Å². The highest BCUT2D eigenvalue weighted by atomic mass is 16.5. The van der Waals surface area contributed by atoms with Gasteiger partial charge in [-0.15, -0.1) is 0 Å². The Balaban J connectivity index is 1.94. The van der Waals surface area contributed by atoms with E-state index in [-0.39, 0.29) is 24.9 Å². The van der Waals surface area contributed by atoms with Gasteiger partial charge in [0.25, 0.3) is 5.91 Å². The highest BCUT2D eigenvalue weighted by Crippen LogP contribution is 2.18. The number of rotatable bonds is 3. The van der Waals surface area contributed by atoms with Crippen molar-refractivity contribution < 1.29 is 18.8 Å². The van der Waals surface area contributed by atoms with E-state index in [0.717, 1.165) is 0 Å². The number of carbonyl (C=O) groups is 2. The number of morpholine rings is 1. The molecule has 0 bridgehead atoms. The molecule has 0 radical (unpaired) electrons. The van der Waals surface area contributed by atoms with Crippen LogP contribution in [-0.4, -0.2) is 52.2 Å². The van der Waals surface area contributed by atoms with Gasteiger partial charge in [-0.2, -0.15) is 4.98 Å². The lowest BCUT2D eigenvalue weighted by Gasteiger charge is -2.38. The summed E-state index contributed by atoms with van der Waals surface area (Å²) in [5.41, 5.74) is -1.05. The Bertz CT molecular complexity index is 515. The van der Waals surface area contributed by atoms with E-state index in [9.17, 15) is 9.59 Å². The predicted molar refractivity (Wildman–Crippen MR) is 67.5 cm³/mol. The SMILES string of the molecule is CC(=O)N1CCO[C@@](C)(C(=O)NCc2noc(C)n2)C1. The van der Waals surface area contributed by atoms with Crippen LogP contribution in [0.5, 0.6) is 0 Å². The van der Waals surface area contributed by atoms with Crippen molar-refractivity contribution >= 4 is 11.8 Å². The summed E-state index contributed by atoms with van der Waals surface area (Å²) in [6.45, 7) is 6.06. The van der Waals surface area contributed by atoms with Gasteiger partial charge in [0.2, 0.25) is 11.8 Å². The molecular weight excluding hydrogens is 264 g/mol. The van der Waals surface area contributed by atoms with Crippen LogP contribution in [0.3, 0.4) is 0 Å². The van der Waals surface area contributed by atoms with Gasteiger partial charge in [0.05, 0.1) is 19.7 Å². The van der Waals surface area contributed by atoms with Gasteiger partial charge < -0.3 is 19.5 Å². The van der Waals surface area contributed by atoms with Gasteiger partial charge in [-0.05, 0) is 6.92 Å². The normalized spacial score (nSPS) is 22.6. The first-order valence-electron chi connectivity index (χ1n) is 6.38. The van der Waals surface area contributed by atoms with E-state index in [1.54, 1.807) is 18.7 Å². The number of aromatic nitrogens is 2. The molecule has 0 unspecified atom stereocenters. The number of hydrogen-bond donors (Lipinski definition) is 1. The Labute approximate surface area is 116 Å². The van der Waals surface area contributed by atoms with Crippen LogP contribution in [-0.2, 0) is 20.9 Å². The number of aryl methyl sites for hydroxylation is 1. The van der Waals surface area contributed by atoms with Gasteiger partial charge in [-0.3, -0.25) is 9.59 Å². The third-order valence-electron chi connectivity index (χ3n) is 3.18. The van der Waals surface area contributed by atoms with Crippen LogP contribution in [0.25, 0.3) is 0 Å². The summed E-state index contributed by atoms with van der Waals surface area (Å²) in [7, 11) is 0. The standard InChI is InChI=1S/C12H18N4O4/c1-8-14-10(15-20-8)6-13-11(18)12(3)7-16(9(2)17)4-5-19-12/h4-7H2,1-3H3,(H,13,18)/t12-/m1/s1. The van der Waals surface area contributed by atoms with E-state index in [0.29, 0.717) is 24.9 Å². The molecule has 1 N–H and O–H groups in total. The van der Waals surface area contributed by atoms with Gasteiger partial charge in [0.1, 0.15) is 0 Å². The highest BCUT2D eigenvalue weighted by molar-refractivity contribution is 5.86. The summed E-state index contributed by atoms with van der Waals surface area (Å²) < 4.78 is 10.4. The highest BCUT2D eigenvalue weighted by Gasteiger charge is 2.40. The monoisotopic (exact) mass is 282 g/mol. The average Bonchev–Trinajstić information content (AvgIpc) is 2.81. The van der Waals surface area contributed by atoms with Crippen molar-refractivity contribution in [3.05, 3.63) is 11.7 Å². The van der Waals surface area contributed by atoms with Crippen molar-refractivity contribution in [3.8, 4) is 0 Å². The Kier molecular flexibility index (Phi) is 4.03. The lowest BCUT2D eigenvalue weighted by Crippen LogP contribution is -2.58. The summed E-state index contributed by atoms with van der Waals surface area (Å²) in [6, 6.07) is 0. The smallest absolute Gasteiger partial charge is 0.254 e. The molecule has 8 heteroatoms. The molecule has 1 saturated heterocycles. The van der Waals surface area contributed by atoms with Crippen LogP contribution in [0.4, 0.5) is 0 Å². The van der Waals surface area contributed by atoms with E-state index in [1.807, 2.05) is 0 Å². The molecule has 1 aliphatic heterocycles. The van der Waals surface area contributed by atoms with Crippen LogP contribution < -0.4 is 5.32 Å². The van der Waals surface area contributed by atoms with Crippen molar-refractivity contribution in [2.24, 2.45) is 0 Å². The fraction of sp³-hybridized carbons (Fsp3) is 0.667. The average molecular weight is 282 g/mol. The Hall–Kier alpha value is -1.96. The van der Waals surface area contributed by atoms with E-state index in [4.69, 9.17) is 9.26 Å². The molecule has 1 atom stereocenters. The second-order valence-electron chi connectivity index (χ2n) is 4.93. The van der Waals surface area contributed by atoms with Crippen molar-refractivity contribution in [2.45, 2.75) is 32.9 Å². The molecule has 2 heterocycles. The fourth-order valence-corrected chi connectivity index (χ4v) is 2.04. The lowest BCUT2D eigenvalue weighted by molar-refractivity contribution is -0.162. The fourth-order valence-electron chi connectivity index (χ4n) is 2.04. The topological polar surface area (TPSA) is 97.6 Å². The molecule has 0 spiro atoms. The molecule has 1 aromatic heterocycles. The maximum Gasteiger partial charge on any atom is 0.254 e. The maximum absolute atomic E-state index is 12.2. The van der Waals surface area contributed by atoms with Crippen molar-refractivity contribution in [2.75, 3.05) is 19.7 Å². The molecule has 0 aliphatic carbocycles. The molecular formula is C12H18N4O4. The van der Waals surface area contributed by atoms with Crippen LogP contribution in [0.15, 0.2) is 4.52 Å². The Morgan fingerprint density at radius 1 is 1.50 bits per heavy atom. The van der Waals surface area contributed by atoms with Crippen LogP contribution >= 0.6 is 0 Å². The number of ether oxygens (including phenoxy) is 1. The number of nitrogens with one attached hydrogen (secondary N) is 1. The molecule has 2 rings (SSSR count). The zero-order valence-corrected chi connectivity index (χ0v) is 11.8. The number of amides is 2. The molecule has 1 fully saturated rings. The van der Waals surface area contributed by atoms with Crippen molar-refractivity contribution in [1.82, 2.24) is 20.4 Å². The Morgan fingerprint density at radius 2 is 2.25 bits per heavy atom. The summed E-state index contributed by atoms with van der Waals surface area (Å²) in [5, 5.41) is 6.39. The van der Waals surface area contributed by atoms with E-state index < -0.39 is 5.60 Å². The number of nitrogens with zero attached hydrogens (tertiary/aromatic N) is 3. The third kappa shape index (κ3) is 3.13. The quantitative estimate of drug-likeness (QED) is 0.812. The van der Waals surface area contributed by atoms with Crippen LogP contribution in [0.1, 0.15) is 25.6 Å². The minimum atomic E-state index is -1.05. The second kappa shape index (κ2) is 5.58. The van der Waals surface area contributed by atoms with Gasteiger partial charge in [0.15, 0.2) is 11.4 Å². The number of carbonyl (C=O) groups excluding carboxylic acids is 2. The number of hydrogen-bond acceptors (Lipinski definition) is 6. The van der Waals surface area contributed by atoms with Crippen LogP contribution in [0.2, 0.25) is 0 Å². The maximum atomic E-state index is 12.2. The lowest BCUT2D eigenvalue weighted by atomic mass is 10.0. The molecule has 2 amide bonds. The second-order valence-corrected chi connectivity index (χ2v) is 4.93. The Morgan fingerprint density at radius 3 is 2.85 bits per heavy atom. The third-order valence-corrected chi connectivity index (χ3v) is 3.18. The van der Waals surface area contributed by atoms with Crippen molar-refractivity contribution in [1.29, 1.82) is 0 Å². The zero-order valence-electron chi connectivity index (χ0n) is 11.8. The molecule has 1 aromatic rings. The van der Waals surface area contributed by atoms with Gasteiger partial charge in [0, 0.05) is 20.4 Å². The first-order chi connectivity index (χ1) is 9.40. The van der Waals surface area contributed by atoms with Gasteiger partial charge >= 0.3 is 0 Å². The first-order valence-corrected chi connectivity index (χ1v) is 6.38. The molecule has 20 heavy (non-hydrogen) atoms.